The van der Waals surface area contributed by atoms with Gasteiger partial charge in [-0.25, -0.2) is 4.98 Å². The molecule has 2 aromatic rings. The van der Waals surface area contributed by atoms with Gasteiger partial charge in [-0.2, -0.15) is 15.0 Å². The molecule has 0 atom stereocenters. The van der Waals surface area contributed by atoms with E-state index in [1.54, 1.807) is 23.3 Å². The zero-order valence-electron chi connectivity index (χ0n) is 11.1. The third-order valence-electron chi connectivity index (χ3n) is 2.76. The van der Waals surface area contributed by atoms with E-state index in [0.717, 1.165) is 13.0 Å². The summed E-state index contributed by atoms with van der Waals surface area (Å²) in [6.07, 6.45) is 8.56. The van der Waals surface area contributed by atoms with Gasteiger partial charge >= 0.3 is 0 Å². The number of rotatable bonds is 6. The second-order valence-corrected chi connectivity index (χ2v) is 4.64. The first kappa shape index (κ1) is 13.7. The van der Waals surface area contributed by atoms with E-state index in [1.807, 2.05) is 11.9 Å². The molecule has 0 aliphatic heterocycles. The summed E-state index contributed by atoms with van der Waals surface area (Å²) in [6.45, 7) is 3.08. The Morgan fingerprint density at radius 1 is 1.26 bits per heavy atom. The summed E-state index contributed by atoms with van der Waals surface area (Å²) in [7, 11) is 1.96. The third-order valence-corrected chi connectivity index (χ3v) is 2.93. The van der Waals surface area contributed by atoms with Gasteiger partial charge in [0, 0.05) is 26.0 Å². The minimum absolute atomic E-state index is 0.191. The fourth-order valence-electron chi connectivity index (χ4n) is 1.69. The van der Waals surface area contributed by atoms with Crippen LogP contribution in [0.4, 0.5) is 5.95 Å². The SMILES string of the molecule is CCCCCN(C)c1nc(Cl)nc(-n2ccnc2)n1. The number of halogens is 1. The number of imidazole rings is 1. The van der Waals surface area contributed by atoms with Crippen molar-refractivity contribution in [1.82, 2.24) is 24.5 Å². The van der Waals surface area contributed by atoms with Gasteiger partial charge < -0.3 is 4.90 Å². The molecule has 0 aromatic carbocycles. The fourth-order valence-corrected chi connectivity index (χ4v) is 1.84. The van der Waals surface area contributed by atoms with Crippen LogP contribution in [-0.4, -0.2) is 38.1 Å². The first-order chi connectivity index (χ1) is 9.20. The van der Waals surface area contributed by atoms with Crippen molar-refractivity contribution < 1.29 is 0 Å². The van der Waals surface area contributed by atoms with Crippen LogP contribution in [0.15, 0.2) is 18.7 Å². The highest BCUT2D eigenvalue weighted by Crippen LogP contribution is 2.13. The predicted octanol–water partition coefficient (Wildman–Crippen LogP) is 2.34. The molecule has 0 spiro atoms. The number of aromatic nitrogens is 5. The zero-order chi connectivity index (χ0) is 13.7. The van der Waals surface area contributed by atoms with Gasteiger partial charge in [0.2, 0.25) is 17.2 Å². The van der Waals surface area contributed by atoms with Gasteiger partial charge in [0.1, 0.15) is 6.33 Å². The van der Waals surface area contributed by atoms with Crippen molar-refractivity contribution in [3.05, 3.63) is 24.0 Å². The highest BCUT2D eigenvalue weighted by atomic mass is 35.5. The van der Waals surface area contributed by atoms with Crippen LogP contribution in [0.25, 0.3) is 5.95 Å². The van der Waals surface area contributed by atoms with E-state index in [0.29, 0.717) is 11.9 Å². The molecule has 6 nitrogen and oxygen atoms in total. The van der Waals surface area contributed by atoms with Crippen LogP contribution in [-0.2, 0) is 0 Å². The molecular weight excluding hydrogens is 264 g/mol. The molecule has 2 heterocycles. The van der Waals surface area contributed by atoms with E-state index in [4.69, 9.17) is 11.6 Å². The standard InChI is InChI=1S/C12H17ClN6/c1-3-4-5-7-18(2)11-15-10(13)16-12(17-11)19-8-6-14-9-19/h6,8-9H,3-5,7H2,1-2H3. The number of nitrogens with zero attached hydrogens (tertiary/aromatic N) is 6. The van der Waals surface area contributed by atoms with Crippen molar-refractivity contribution in [2.45, 2.75) is 26.2 Å². The van der Waals surface area contributed by atoms with Gasteiger partial charge in [-0.15, -0.1) is 0 Å². The topological polar surface area (TPSA) is 59.7 Å². The number of unbranched alkanes of at least 4 members (excludes halogenated alkanes) is 2. The average molecular weight is 281 g/mol. The lowest BCUT2D eigenvalue weighted by molar-refractivity contribution is 0.693. The van der Waals surface area contributed by atoms with Crippen LogP contribution in [0.5, 0.6) is 0 Å². The lowest BCUT2D eigenvalue weighted by atomic mass is 10.2. The Kier molecular flexibility index (Phi) is 4.68. The summed E-state index contributed by atoms with van der Waals surface area (Å²) in [5.41, 5.74) is 0. The third kappa shape index (κ3) is 3.64. The predicted molar refractivity (Wildman–Crippen MR) is 74.8 cm³/mol. The number of anilines is 1. The molecule has 0 saturated carbocycles. The highest BCUT2D eigenvalue weighted by Gasteiger charge is 2.10. The molecule has 0 amide bonds. The van der Waals surface area contributed by atoms with Crippen molar-refractivity contribution in [2.24, 2.45) is 0 Å². The van der Waals surface area contributed by atoms with Gasteiger partial charge in [0.05, 0.1) is 0 Å². The van der Waals surface area contributed by atoms with Crippen molar-refractivity contribution in [1.29, 1.82) is 0 Å². The van der Waals surface area contributed by atoms with Crippen LogP contribution < -0.4 is 4.90 Å². The second-order valence-electron chi connectivity index (χ2n) is 4.30. The van der Waals surface area contributed by atoms with Crippen LogP contribution in [0.3, 0.4) is 0 Å². The smallest absolute Gasteiger partial charge is 0.241 e. The Morgan fingerprint density at radius 2 is 2.11 bits per heavy atom. The van der Waals surface area contributed by atoms with Gasteiger partial charge in [-0.05, 0) is 18.0 Å². The molecule has 2 rings (SSSR count). The van der Waals surface area contributed by atoms with Crippen LogP contribution in [0.2, 0.25) is 5.28 Å². The van der Waals surface area contributed by atoms with Gasteiger partial charge in [-0.3, -0.25) is 4.57 Å². The molecule has 7 heteroatoms. The van der Waals surface area contributed by atoms with Crippen LogP contribution >= 0.6 is 11.6 Å². The first-order valence-corrected chi connectivity index (χ1v) is 6.69. The van der Waals surface area contributed by atoms with E-state index in [2.05, 4.69) is 26.9 Å². The molecule has 2 aromatic heterocycles. The summed E-state index contributed by atoms with van der Waals surface area (Å²) in [5.74, 6) is 1.06. The summed E-state index contributed by atoms with van der Waals surface area (Å²) in [6, 6.07) is 0. The van der Waals surface area contributed by atoms with E-state index in [9.17, 15) is 0 Å². The Hall–Kier alpha value is -1.69. The normalized spacial score (nSPS) is 10.7. The average Bonchev–Trinajstić information content (AvgIpc) is 2.92. The van der Waals surface area contributed by atoms with E-state index < -0.39 is 0 Å². The minimum Gasteiger partial charge on any atom is -0.344 e. The Labute approximate surface area is 117 Å². The van der Waals surface area contributed by atoms with E-state index in [1.165, 1.54) is 12.8 Å². The quantitative estimate of drug-likeness (QED) is 0.760. The number of hydrogen-bond acceptors (Lipinski definition) is 5. The molecule has 0 N–H and O–H groups in total. The van der Waals surface area contributed by atoms with E-state index in [-0.39, 0.29) is 5.28 Å². The fraction of sp³-hybridized carbons (Fsp3) is 0.500. The lowest BCUT2D eigenvalue weighted by Crippen LogP contribution is -2.22. The summed E-state index contributed by atoms with van der Waals surface area (Å²) in [5, 5.41) is 0.191. The van der Waals surface area contributed by atoms with Crippen molar-refractivity contribution >= 4 is 17.5 Å². The summed E-state index contributed by atoms with van der Waals surface area (Å²) in [4.78, 5) is 18.6. The second kappa shape index (κ2) is 6.47. The van der Waals surface area contributed by atoms with Gasteiger partial charge in [0.15, 0.2) is 0 Å². The lowest BCUT2D eigenvalue weighted by Gasteiger charge is -2.17. The summed E-state index contributed by atoms with van der Waals surface area (Å²) >= 11 is 5.95. The molecule has 0 bridgehead atoms. The van der Waals surface area contributed by atoms with Gasteiger partial charge in [-0.1, -0.05) is 19.8 Å². The molecule has 0 fully saturated rings. The molecular formula is C12H17ClN6. The maximum absolute atomic E-state index is 5.95. The maximum atomic E-state index is 5.95. The maximum Gasteiger partial charge on any atom is 0.241 e. The molecule has 0 aliphatic carbocycles. The van der Waals surface area contributed by atoms with Crippen molar-refractivity contribution in [3.8, 4) is 5.95 Å². The molecule has 0 radical (unpaired) electrons. The van der Waals surface area contributed by atoms with Crippen LogP contribution in [0, 0.1) is 0 Å². The Morgan fingerprint density at radius 3 is 2.79 bits per heavy atom. The highest BCUT2D eigenvalue weighted by molar-refractivity contribution is 6.28. The van der Waals surface area contributed by atoms with Crippen molar-refractivity contribution in [3.63, 3.8) is 0 Å². The van der Waals surface area contributed by atoms with E-state index >= 15 is 0 Å². The monoisotopic (exact) mass is 280 g/mol. The Bertz CT molecular complexity index is 513. The Balaban J connectivity index is 2.17. The zero-order valence-corrected chi connectivity index (χ0v) is 11.9. The molecule has 0 aliphatic rings. The minimum atomic E-state index is 0.191. The number of hydrogen-bond donors (Lipinski definition) is 0. The van der Waals surface area contributed by atoms with Gasteiger partial charge in [0.25, 0.3) is 0 Å². The largest absolute Gasteiger partial charge is 0.344 e. The molecule has 0 unspecified atom stereocenters. The van der Waals surface area contributed by atoms with Crippen molar-refractivity contribution in [2.75, 3.05) is 18.5 Å². The first-order valence-electron chi connectivity index (χ1n) is 6.31. The summed E-state index contributed by atoms with van der Waals surface area (Å²) < 4.78 is 1.71. The molecule has 19 heavy (non-hydrogen) atoms. The van der Waals surface area contributed by atoms with Crippen LogP contribution in [0.1, 0.15) is 26.2 Å². The molecule has 0 saturated heterocycles. The molecule has 102 valence electrons.